The van der Waals surface area contributed by atoms with Gasteiger partial charge in [-0.15, -0.1) is 0 Å². The number of primary sulfonamides is 1. The number of hydrogen-bond acceptors (Lipinski definition) is 4. The van der Waals surface area contributed by atoms with E-state index in [1.807, 2.05) is 0 Å². The summed E-state index contributed by atoms with van der Waals surface area (Å²) in [4.78, 5) is 12.0. The molecule has 0 fully saturated rings. The first-order chi connectivity index (χ1) is 11.2. The van der Waals surface area contributed by atoms with Crippen molar-refractivity contribution in [1.29, 1.82) is 0 Å². The maximum Gasteiger partial charge on any atom is 0.238 e. The minimum absolute atomic E-state index is 0.0520. The van der Waals surface area contributed by atoms with Gasteiger partial charge in [-0.1, -0.05) is 12.1 Å². The fourth-order valence-electron chi connectivity index (χ4n) is 2.21. The van der Waals surface area contributed by atoms with Gasteiger partial charge in [0.1, 0.15) is 11.6 Å². The van der Waals surface area contributed by atoms with E-state index in [2.05, 4.69) is 5.32 Å². The van der Waals surface area contributed by atoms with Crippen LogP contribution in [-0.4, -0.2) is 19.4 Å². The van der Waals surface area contributed by atoms with Gasteiger partial charge in [0, 0.05) is 5.56 Å². The standard InChI is InChI=1S/C16H17FN2O4S/c1-10(11-3-2-4-14(8-11)24(18,22)23)19-16(21)9-12-7-13(17)5-6-15(12)20/h2-8,10,20H,9H2,1H3,(H,19,21)(H2,18,22,23). The smallest absolute Gasteiger partial charge is 0.238 e. The molecule has 1 unspecified atom stereocenters. The van der Waals surface area contributed by atoms with Crippen LogP contribution in [0.1, 0.15) is 24.1 Å². The Balaban J connectivity index is 2.10. The van der Waals surface area contributed by atoms with Crippen LogP contribution >= 0.6 is 0 Å². The van der Waals surface area contributed by atoms with Crippen LogP contribution in [0, 0.1) is 5.82 Å². The van der Waals surface area contributed by atoms with E-state index in [0.29, 0.717) is 5.56 Å². The molecule has 0 aromatic heterocycles. The number of amides is 1. The average Bonchev–Trinajstić information content (AvgIpc) is 2.50. The van der Waals surface area contributed by atoms with Crippen molar-refractivity contribution in [2.24, 2.45) is 5.14 Å². The van der Waals surface area contributed by atoms with Gasteiger partial charge in [0.15, 0.2) is 0 Å². The summed E-state index contributed by atoms with van der Waals surface area (Å²) in [5.41, 5.74) is 0.719. The molecule has 0 heterocycles. The van der Waals surface area contributed by atoms with Gasteiger partial charge < -0.3 is 10.4 Å². The summed E-state index contributed by atoms with van der Waals surface area (Å²) in [6, 6.07) is 8.78. The summed E-state index contributed by atoms with van der Waals surface area (Å²) >= 11 is 0. The first-order valence-corrected chi connectivity index (χ1v) is 8.61. The Bertz CT molecular complexity index is 868. The van der Waals surface area contributed by atoms with Crippen LogP contribution in [0.4, 0.5) is 4.39 Å². The number of aromatic hydroxyl groups is 1. The molecule has 1 atom stereocenters. The number of carbonyl (C=O) groups is 1. The van der Waals surface area contributed by atoms with Gasteiger partial charge in [0.05, 0.1) is 17.4 Å². The van der Waals surface area contributed by atoms with Crippen molar-refractivity contribution in [1.82, 2.24) is 5.32 Å². The van der Waals surface area contributed by atoms with Crippen molar-refractivity contribution in [3.8, 4) is 5.75 Å². The molecule has 128 valence electrons. The first-order valence-electron chi connectivity index (χ1n) is 7.06. The fraction of sp³-hybridized carbons (Fsp3) is 0.188. The summed E-state index contributed by atoms with van der Waals surface area (Å²) < 4.78 is 35.9. The van der Waals surface area contributed by atoms with E-state index in [-0.39, 0.29) is 22.6 Å². The zero-order chi connectivity index (χ0) is 17.9. The molecule has 6 nitrogen and oxygen atoms in total. The van der Waals surface area contributed by atoms with E-state index in [9.17, 15) is 22.7 Å². The molecule has 8 heteroatoms. The van der Waals surface area contributed by atoms with Gasteiger partial charge in [-0.3, -0.25) is 4.79 Å². The molecule has 1 amide bonds. The molecular weight excluding hydrogens is 335 g/mol. The number of hydrogen-bond donors (Lipinski definition) is 3. The van der Waals surface area contributed by atoms with Gasteiger partial charge >= 0.3 is 0 Å². The molecule has 0 radical (unpaired) electrons. The highest BCUT2D eigenvalue weighted by atomic mass is 32.2. The van der Waals surface area contributed by atoms with Crippen molar-refractivity contribution in [3.63, 3.8) is 0 Å². The third-order valence-corrected chi connectivity index (χ3v) is 4.37. The normalized spacial score (nSPS) is 12.6. The van der Waals surface area contributed by atoms with E-state index in [0.717, 1.165) is 12.1 Å². The van der Waals surface area contributed by atoms with Crippen molar-refractivity contribution < 1.29 is 22.7 Å². The van der Waals surface area contributed by atoms with Crippen molar-refractivity contribution in [3.05, 3.63) is 59.4 Å². The highest BCUT2D eigenvalue weighted by Crippen LogP contribution is 2.20. The molecule has 0 aliphatic carbocycles. The Morgan fingerprint density at radius 3 is 2.67 bits per heavy atom. The van der Waals surface area contributed by atoms with Crippen molar-refractivity contribution in [2.75, 3.05) is 0 Å². The van der Waals surface area contributed by atoms with Gasteiger partial charge in [0.25, 0.3) is 0 Å². The van der Waals surface area contributed by atoms with Gasteiger partial charge in [0.2, 0.25) is 15.9 Å². The van der Waals surface area contributed by atoms with Crippen LogP contribution in [0.15, 0.2) is 47.4 Å². The number of benzene rings is 2. The Hall–Kier alpha value is -2.45. The quantitative estimate of drug-likeness (QED) is 0.759. The first kappa shape index (κ1) is 17.9. The summed E-state index contributed by atoms with van der Waals surface area (Å²) in [5, 5.41) is 17.4. The van der Waals surface area contributed by atoms with Crippen molar-refractivity contribution >= 4 is 15.9 Å². The molecule has 0 spiro atoms. The molecule has 0 bridgehead atoms. The van der Waals surface area contributed by atoms with E-state index in [1.165, 1.54) is 24.3 Å². The number of phenols is 1. The Kier molecular flexibility index (Phi) is 5.20. The lowest BCUT2D eigenvalue weighted by Gasteiger charge is -2.15. The number of nitrogens with one attached hydrogen (secondary N) is 1. The van der Waals surface area contributed by atoms with Crippen molar-refractivity contribution in [2.45, 2.75) is 24.3 Å². The third kappa shape index (κ3) is 4.53. The average molecular weight is 352 g/mol. The Morgan fingerprint density at radius 2 is 2.00 bits per heavy atom. The predicted molar refractivity (Wildman–Crippen MR) is 86.1 cm³/mol. The number of rotatable bonds is 5. The monoisotopic (exact) mass is 352 g/mol. The summed E-state index contributed by atoms with van der Waals surface area (Å²) in [7, 11) is -3.83. The summed E-state index contributed by atoms with van der Waals surface area (Å²) in [6.45, 7) is 1.67. The zero-order valence-corrected chi connectivity index (χ0v) is 13.7. The minimum Gasteiger partial charge on any atom is -0.508 e. The fourth-order valence-corrected chi connectivity index (χ4v) is 2.77. The highest BCUT2D eigenvalue weighted by molar-refractivity contribution is 7.89. The second-order valence-electron chi connectivity index (χ2n) is 5.36. The SMILES string of the molecule is CC(NC(=O)Cc1cc(F)ccc1O)c1cccc(S(N)(=O)=O)c1. The molecule has 0 aliphatic heterocycles. The maximum absolute atomic E-state index is 13.2. The molecule has 2 aromatic rings. The van der Waals surface area contributed by atoms with E-state index < -0.39 is 27.8 Å². The molecule has 24 heavy (non-hydrogen) atoms. The summed E-state index contributed by atoms with van der Waals surface area (Å²) in [6.07, 6.45) is -0.206. The van der Waals surface area contributed by atoms with E-state index in [4.69, 9.17) is 5.14 Å². The molecule has 0 saturated heterocycles. The molecule has 0 aliphatic rings. The Labute approximate surface area is 139 Å². The van der Waals surface area contributed by atoms with Gasteiger partial charge in [-0.05, 0) is 42.8 Å². The largest absolute Gasteiger partial charge is 0.508 e. The minimum atomic E-state index is -3.83. The predicted octanol–water partition coefficient (Wildman–Crippen LogP) is 1.60. The van der Waals surface area contributed by atoms with Crippen LogP contribution in [-0.2, 0) is 21.2 Å². The van der Waals surface area contributed by atoms with Crippen LogP contribution in [0.2, 0.25) is 0 Å². The van der Waals surface area contributed by atoms with Crippen LogP contribution < -0.4 is 10.5 Å². The molecule has 4 N–H and O–H groups in total. The second-order valence-corrected chi connectivity index (χ2v) is 6.92. The van der Waals surface area contributed by atoms with Crippen LogP contribution in [0.5, 0.6) is 5.75 Å². The topological polar surface area (TPSA) is 109 Å². The van der Waals surface area contributed by atoms with Gasteiger partial charge in [-0.25, -0.2) is 17.9 Å². The zero-order valence-electron chi connectivity index (χ0n) is 12.9. The maximum atomic E-state index is 13.2. The lowest BCUT2D eigenvalue weighted by molar-refractivity contribution is -0.121. The number of phenolic OH excluding ortho intramolecular Hbond substituents is 1. The molecule has 2 rings (SSSR count). The van der Waals surface area contributed by atoms with E-state index >= 15 is 0 Å². The number of carbonyl (C=O) groups excluding carboxylic acids is 1. The molecule has 0 saturated carbocycles. The van der Waals surface area contributed by atoms with Gasteiger partial charge in [-0.2, -0.15) is 0 Å². The molecule has 2 aromatic carbocycles. The number of nitrogens with two attached hydrogens (primary N) is 1. The van der Waals surface area contributed by atoms with E-state index in [1.54, 1.807) is 13.0 Å². The second kappa shape index (κ2) is 6.98. The lowest BCUT2D eigenvalue weighted by Crippen LogP contribution is -2.28. The summed E-state index contributed by atoms with van der Waals surface area (Å²) in [5.74, 6) is -1.16. The van der Waals surface area contributed by atoms with Crippen LogP contribution in [0.3, 0.4) is 0 Å². The Morgan fingerprint density at radius 1 is 1.29 bits per heavy atom. The third-order valence-electron chi connectivity index (χ3n) is 3.46. The number of halogens is 1. The number of sulfonamides is 1. The highest BCUT2D eigenvalue weighted by Gasteiger charge is 2.15. The lowest BCUT2D eigenvalue weighted by atomic mass is 10.1. The van der Waals surface area contributed by atoms with Crippen LogP contribution in [0.25, 0.3) is 0 Å². The molecular formula is C16H17FN2O4S.